The Morgan fingerprint density at radius 3 is 2.79 bits per heavy atom. The van der Waals surface area contributed by atoms with Crippen molar-refractivity contribution < 1.29 is 14.3 Å². The monoisotopic (exact) mass is 393 g/mol. The molecule has 2 aromatic rings. The van der Waals surface area contributed by atoms with E-state index in [1.165, 1.54) is 4.90 Å². The third kappa shape index (κ3) is 4.92. The van der Waals surface area contributed by atoms with E-state index in [9.17, 15) is 9.59 Å². The fourth-order valence-electron chi connectivity index (χ4n) is 2.15. The predicted molar refractivity (Wildman–Crippen MR) is 93.5 cm³/mol. The molecule has 0 bridgehead atoms. The highest BCUT2D eigenvalue weighted by atomic mass is 79.9. The van der Waals surface area contributed by atoms with Gasteiger partial charge in [-0.2, -0.15) is 5.10 Å². The second-order valence-corrected chi connectivity index (χ2v) is 6.30. The van der Waals surface area contributed by atoms with Crippen molar-refractivity contribution in [2.75, 3.05) is 13.7 Å². The van der Waals surface area contributed by atoms with Crippen molar-refractivity contribution in [2.24, 2.45) is 0 Å². The van der Waals surface area contributed by atoms with Gasteiger partial charge < -0.3 is 9.64 Å². The number of carbonyl (C=O) groups is 2. The zero-order chi connectivity index (χ0) is 17.5. The van der Waals surface area contributed by atoms with Gasteiger partial charge in [-0.15, -0.1) is 0 Å². The molecule has 0 saturated heterocycles. The summed E-state index contributed by atoms with van der Waals surface area (Å²) in [5.41, 5.74) is 2.05. The van der Waals surface area contributed by atoms with E-state index in [4.69, 9.17) is 4.74 Å². The van der Waals surface area contributed by atoms with Crippen molar-refractivity contribution in [3.8, 4) is 0 Å². The molecule has 0 radical (unpaired) electrons. The number of hydrogen-bond donors (Lipinski definition) is 1. The number of amides is 1. The van der Waals surface area contributed by atoms with Crippen LogP contribution in [-0.2, 0) is 22.5 Å². The predicted octanol–water partition coefficient (Wildman–Crippen LogP) is 2.94. The quantitative estimate of drug-likeness (QED) is 0.733. The highest BCUT2D eigenvalue weighted by Gasteiger charge is 2.16. The minimum absolute atomic E-state index is 0.194. The standard InChI is InChI=1S/C17H20BrN3O3/c1-3-6-13-9-15(20-19-13)17(23)24-11-16(22)21(2)10-12-7-4-5-8-14(12)18/h4-5,7-9H,3,6,10-11H2,1-2H3,(H,19,20). The van der Waals surface area contributed by atoms with Crippen molar-refractivity contribution in [2.45, 2.75) is 26.3 Å². The molecular weight excluding hydrogens is 374 g/mol. The van der Waals surface area contributed by atoms with Crippen LogP contribution in [0.25, 0.3) is 0 Å². The SMILES string of the molecule is CCCc1cc(C(=O)OCC(=O)N(C)Cc2ccccc2Br)n[nH]1. The molecule has 2 rings (SSSR count). The minimum atomic E-state index is -0.601. The largest absolute Gasteiger partial charge is 0.451 e. The number of nitrogens with zero attached hydrogens (tertiary/aromatic N) is 2. The Morgan fingerprint density at radius 2 is 2.08 bits per heavy atom. The first-order valence-corrected chi connectivity index (χ1v) is 8.49. The number of carbonyl (C=O) groups excluding carboxylic acids is 2. The summed E-state index contributed by atoms with van der Waals surface area (Å²) in [6.45, 7) is 2.16. The molecular formula is C17H20BrN3O3. The lowest BCUT2D eigenvalue weighted by molar-refractivity contribution is -0.133. The molecule has 1 aromatic heterocycles. The smallest absolute Gasteiger partial charge is 0.359 e. The summed E-state index contributed by atoms with van der Waals surface area (Å²) in [4.78, 5) is 25.5. The molecule has 6 nitrogen and oxygen atoms in total. The number of aromatic nitrogens is 2. The molecule has 1 N–H and O–H groups in total. The van der Waals surface area contributed by atoms with Crippen LogP contribution in [0, 0.1) is 0 Å². The van der Waals surface area contributed by atoms with Crippen LogP contribution in [0.2, 0.25) is 0 Å². The Morgan fingerprint density at radius 1 is 1.33 bits per heavy atom. The molecule has 0 spiro atoms. The lowest BCUT2D eigenvalue weighted by Crippen LogP contribution is -2.31. The summed E-state index contributed by atoms with van der Waals surface area (Å²) in [7, 11) is 1.67. The van der Waals surface area contributed by atoms with E-state index in [1.807, 2.05) is 31.2 Å². The number of ether oxygens (including phenoxy) is 1. The molecule has 24 heavy (non-hydrogen) atoms. The topological polar surface area (TPSA) is 75.3 Å². The third-order valence-electron chi connectivity index (χ3n) is 3.48. The van der Waals surface area contributed by atoms with E-state index in [1.54, 1.807) is 13.1 Å². The molecule has 0 aliphatic heterocycles. The zero-order valence-electron chi connectivity index (χ0n) is 13.7. The maximum absolute atomic E-state index is 12.1. The molecule has 1 aromatic carbocycles. The lowest BCUT2D eigenvalue weighted by Gasteiger charge is -2.17. The molecule has 0 atom stereocenters. The average molecular weight is 394 g/mol. The van der Waals surface area contributed by atoms with E-state index < -0.39 is 5.97 Å². The first kappa shape index (κ1) is 18.2. The summed E-state index contributed by atoms with van der Waals surface area (Å²) < 4.78 is 5.98. The van der Waals surface area contributed by atoms with E-state index in [0.29, 0.717) is 6.54 Å². The molecule has 7 heteroatoms. The van der Waals surface area contributed by atoms with Gasteiger partial charge in [-0.3, -0.25) is 9.89 Å². The average Bonchev–Trinajstić information content (AvgIpc) is 3.03. The van der Waals surface area contributed by atoms with Crippen LogP contribution in [-0.4, -0.2) is 40.6 Å². The van der Waals surface area contributed by atoms with E-state index in [-0.39, 0.29) is 18.2 Å². The fourth-order valence-corrected chi connectivity index (χ4v) is 2.56. The van der Waals surface area contributed by atoms with Gasteiger partial charge in [0.25, 0.3) is 5.91 Å². The van der Waals surface area contributed by atoms with Gasteiger partial charge in [0.2, 0.25) is 0 Å². The summed E-state index contributed by atoms with van der Waals surface area (Å²) in [5, 5.41) is 6.69. The number of halogens is 1. The molecule has 0 unspecified atom stereocenters. The number of aromatic amines is 1. The Kier molecular flexibility index (Phi) is 6.54. The maximum atomic E-state index is 12.1. The number of rotatable bonds is 7. The van der Waals surface area contributed by atoms with Crippen LogP contribution >= 0.6 is 15.9 Å². The summed E-state index contributed by atoms with van der Waals surface area (Å²) in [5.74, 6) is -0.875. The Balaban J connectivity index is 1.85. The van der Waals surface area contributed by atoms with Gasteiger partial charge in [-0.25, -0.2) is 4.79 Å². The number of nitrogens with one attached hydrogen (secondary N) is 1. The number of hydrogen-bond acceptors (Lipinski definition) is 4. The first-order valence-electron chi connectivity index (χ1n) is 7.70. The van der Waals surface area contributed by atoms with Crippen LogP contribution in [0.5, 0.6) is 0 Å². The molecule has 1 heterocycles. The highest BCUT2D eigenvalue weighted by molar-refractivity contribution is 9.10. The Hall–Kier alpha value is -2.15. The van der Waals surface area contributed by atoms with Gasteiger partial charge >= 0.3 is 5.97 Å². The van der Waals surface area contributed by atoms with Gasteiger partial charge in [-0.05, 0) is 24.1 Å². The number of H-pyrrole nitrogens is 1. The minimum Gasteiger partial charge on any atom is -0.451 e. The normalized spacial score (nSPS) is 10.5. The van der Waals surface area contributed by atoms with Crippen LogP contribution in [0.1, 0.15) is 35.1 Å². The zero-order valence-corrected chi connectivity index (χ0v) is 15.3. The third-order valence-corrected chi connectivity index (χ3v) is 4.25. The molecule has 128 valence electrons. The maximum Gasteiger partial charge on any atom is 0.359 e. The van der Waals surface area contributed by atoms with Crippen LogP contribution in [0.15, 0.2) is 34.8 Å². The van der Waals surface area contributed by atoms with Crippen molar-refractivity contribution in [3.63, 3.8) is 0 Å². The fraction of sp³-hybridized carbons (Fsp3) is 0.353. The summed E-state index contributed by atoms with van der Waals surface area (Å²) >= 11 is 3.45. The number of aryl methyl sites for hydroxylation is 1. The molecule has 0 aliphatic rings. The summed E-state index contributed by atoms with van der Waals surface area (Å²) in [6, 6.07) is 9.32. The van der Waals surface area contributed by atoms with Gasteiger partial charge in [0.05, 0.1) is 0 Å². The van der Waals surface area contributed by atoms with Crippen molar-refractivity contribution in [1.82, 2.24) is 15.1 Å². The molecule has 0 fully saturated rings. The number of likely N-dealkylation sites (N-methyl/N-ethyl adjacent to an activating group) is 1. The van der Waals surface area contributed by atoms with Gasteiger partial charge in [0.1, 0.15) is 0 Å². The van der Waals surface area contributed by atoms with E-state index in [2.05, 4.69) is 26.1 Å². The van der Waals surface area contributed by atoms with Crippen LogP contribution in [0.4, 0.5) is 0 Å². The molecule has 0 saturated carbocycles. The Labute approximate surface area is 149 Å². The van der Waals surface area contributed by atoms with Gasteiger partial charge in [-0.1, -0.05) is 47.5 Å². The lowest BCUT2D eigenvalue weighted by atomic mass is 10.2. The van der Waals surface area contributed by atoms with Gasteiger partial charge in [0.15, 0.2) is 12.3 Å². The number of esters is 1. The van der Waals surface area contributed by atoms with Crippen LogP contribution in [0.3, 0.4) is 0 Å². The van der Waals surface area contributed by atoms with Crippen molar-refractivity contribution in [3.05, 3.63) is 51.8 Å². The van der Waals surface area contributed by atoms with Gasteiger partial charge in [0, 0.05) is 23.8 Å². The first-order chi connectivity index (χ1) is 11.5. The highest BCUT2D eigenvalue weighted by Crippen LogP contribution is 2.17. The second kappa shape index (κ2) is 8.63. The molecule has 1 amide bonds. The van der Waals surface area contributed by atoms with E-state index >= 15 is 0 Å². The van der Waals surface area contributed by atoms with Crippen molar-refractivity contribution in [1.29, 1.82) is 0 Å². The van der Waals surface area contributed by atoms with Crippen LogP contribution < -0.4 is 0 Å². The van der Waals surface area contributed by atoms with E-state index in [0.717, 1.165) is 28.6 Å². The Bertz CT molecular complexity index is 715. The summed E-state index contributed by atoms with van der Waals surface area (Å²) in [6.07, 6.45) is 1.77. The number of benzene rings is 1. The van der Waals surface area contributed by atoms with Crippen molar-refractivity contribution >= 4 is 27.8 Å². The molecule has 0 aliphatic carbocycles. The second-order valence-electron chi connectivity index (χ2n) is 5.45.